The van der Waals surface area contributed by atoms with E-state index in [9.17, 15) is 0 Å². The summed E-state index contributed by atoms with van der Waals surface area (Å²) in [5.74, 6) is 0.300. The van der Waals surface area contributed by atoms with Crippen LogP contribution in [0, 0.1) is 6.92 Å². The zero-order valence-electron chi connectivity index (χ0n) is 18.3. The Balaban J connectivity index is 1.72. The second-order valence-electron chi connectivity index (χ2n) is 8.39. The van der Waals surface area contributed by atoms with E-state index >= 15 is 0 Å². The molecule has 0 radical (unpaired) electrons. The average Bonchev–Trinajstić information content (AvgIpc) is 2.80. The van der Waals surface area contributed by atoms with Crippen LogP contribution in [0.3, 0.4) is 0 Å². The van der Waals surface area contributed by atoms with Gasteiger partial charge in [-0.3, -0.25) is 0 Å². The summed E-state index contributed by atoms with van der Waals surface area (Å²) >= 11 is 0. The predicted molar refractivity (Wildman–Crippen MR) is 136 cm³/mol. The highest BCUT2D eigenvalue weighted by atomic mass is 14.8. The average molecular weight is 402 g/mol. The number of hydrogen-bond donors (Lipinski definition) is 1. The maximum Gasteiger partial charge on any atom is 0.00486 e. The molecule has 0 saturated heterocycles. The number of nitrogens with one attached hydrogen (secondary N) is 1. The Morgan fingerprint density at radius 2 is 1.35 bits per heavy atom. The van der Waals surface area contributed by atoms with Crippen LogP contribution in [0.5, 0.6) is 0 Å². The summed E-state index contributed by atoms with van der Waals surface area (Å²) in [6, 6.07) is 30.9. The molecule has 0 spiro atoms. The Kier molecular flexibility index (Phi) is 4.95. The molecule has 1 N–H and O–H groups in total. The van der Waals surface area contributed by atoms with Crippen LogP contribution in [0.1, 0.15) is 24.0 Å². The van der Waals surface area contributed by atoms with Crippen LogP contribution in [0.4, 0.5) is 0 Å². The fraction of sp³-hybridized carbons (Fsp3) is 0.133. The van der Waals surface area contributed by atoms with Gasteiger partial charge in [0.05, 0.1) is 0 Å². The van der Waals surface area contributed by atoms with E-state index in [4.69, 9.17) is 0 Å². The third-order valence-corrected chi connectivity index (χ3v) is 6.34. The lowest BCUT2D eigenvalue weighted by atomic mass is 9.90. The molecule has 1 atom stereocenters. The first-order valence-electron chi connectivity index (χ1n) is 10.9. The Morgan fingerprint density at radius 1 is 0.710 bits per heavy atom. The van der Waals surface area contributed by atoms with Crippen molar-refractivity contribution in [2.75, 3.05) is 7.05 Å². The predicted octanol–water partition coefficient (Wildman–Crippen LogP) is 6.00. The fourth-order valence-electron chi connectivity index (χ4n) is 4.80. The van der Waals surface area contributed by atoms with Crippen molar-refractivity contribution in [2.45, 2.75) is 19.8 Å². The highest BCUT2D eigenvalue weighted by molar-refractivity contribution is 6.08. The van der Waals surface area contributed by atoms with E-state index in [0.717, 1.165) is 0 Å². The van der Waals surface area contributed by atoms with Crippen molar-refractivity contribution in [1.29, 1.82) is 0 Å². The molecule has 0 bridgehead atoms. The summed E-state index contributed by atoms with van der Waals surface area (Å²) < 4.78 is 0. The largest absolute Gasteiger partial charge is 0.393 e. The molecule has 0 aromatic heterocycles. The van der Waals surface area contributed by atoms with Gasteiger partial charge in [-0.2, -0.15) is 0 Å². The molecule has 5 aromatic rings. The Labute approximate surface area is 183 Å². The number of aryl methyl sites for hydroxylation is 1. The number of hydrogen-bond acceptors (Lipinski definition) is 1. The Morgan fingerprint density at radius 3 is 2.13 bits per heavy atom. The molecule has 0 saturated carbocycles. The van der Waals surface area contributed by atoms with E-state index in [2.05, 4.69) is 116 Å². The molecule has 1 heteroatoms. The first kappa shape index (κ1) is 19.4. The topological polar surface area (TPSA) is 12.0 Å². The lowest BCUT2D eigenvalue weighted by Gasteiger charge is -2.14. The van der Waals surface area contributed by atoms with E-state index in [-0.39, 0.29) is 0 Å². The maximum atomic E-state index is 3.24. The van der Waals surface area contributed by atoms with Crippen molar-refractivity contribution in [3.63, 3.8) is 0 Å². The van der Waals surface area contributed by atoms with E-state index in [1.54, 1.807) is 0 Å². The molecule has 5 aromatic carbocycles. The summed E-state index contributed by atoms with van der Waals surface area (Å²) in [4.78, 5) is 0. The van der Waals surface area contributed by atoms with Gasteiger partial charge in [-0.05, 0) is 61.7 Å². The Bertz CT molecular complexity index is 1540. The maximum absolute atomic E-state index is 3.24. The highest BCUT2D eigenvalue weighted by Gasteiger charge is 2.10. The minimum Gasteiger partial charge on any atom is -0.393 e. The van der Waals surface area contributed by atoms with Crippen molar-refractivity contribution in [1.82, 2.24) is 5.32 Å². The summed E-state index contributed by atoms with van der Waals surface area (Å²) in [7, 11) is 1.97. The summed E-state index contributed by atoms with van der Waals surface area (Å²) in [6.07, 6.45) is 4.51. The van der Waals surface area contributed by atoms with Gasteiger partial charge in [0.1, 0.15) is 0 Å². The first-order chi connectivity index (χ1) is 15.2. The summed E-state index contributed by atoms with van der Waals surface area (Å²) in [5.41, 5.74) is 2.72. The normalized spacial score (nSPS) is 13.9. The molecule has 0 aliphatic carbocycles. The van der Waals surface area contributed by atoms with Gasteiger partial charge in [0, 0.05) is 24.4 Å². The minimum absolute atomic E-state index is 0.300. The van der Waals surface area contributed by atoms with Gasteiger partial charge in [-0.25, -0.2) is 0 Å². The third-order valence-electron chi connectivity index (χ3n) is 6.34. The molecule has 0 aliphatic heterocycles. The quantitative estimate of drug-likeness (QED) is 0.366. The van der Waals surface area contributed by atoms with Crippen molar-refractivity contribution in [2.24, 2.45) is 0 Å². The molecule has 0 aliphatic rings. The monoisotopic (exact) mass is 401 g/mol. The SMILES string of the molecule is CNC=c1/c(=C\C(C)c2cc3c(ccc4ccccc43)cc2C)ccc2ccccc12. The van der Waals surface area contributed by atoms with Gasteiger partial charge in [0.15, 0.2) is 0 Å². The van der Waals surface area contributed by atoms with E-state index in [1.807, 2.05) is 7.05 Å². The molecular formula is C30H27N. The van der Waals surface area contributed by atoms with Crippen LogP contribution < -0.4 is 15.8 Å². The van der Waals surface area contributed by atoms with Crippen molar-refractivity contribution >= 4 is 44.6 Å². The first-order valence-corrected chi connectivity index (χ1v) is 10.9. The molecule has 1 nitrogen and oxygen atoms in total. The van der Waals surface area contributed by atoms with Crippen LogP contribution in [0.2, 0.25) is 0 Å². The van der Waals surface area contributed by atoms with E-state index in [1.165, 1.54) is 53.9 Å². The summed E-state index contributed by atoms with van der Waals surface area (Å²) in [6.45, 7) is 4.53. The smallest absolute Gasteiger partial charge is 0.00486 e. The molecule has 0 heterocycles. The Hall–Kier alpha value is -3.58. The van der Waals surface area contributed by atoms with Crippen LogP contribution in [-0.4, -0.2) is 7.05 Å². The summed E-state index contributed by atoms with van der Waals surface area (Å²) in [5, 5.41) is 13.5. The van der Waals surface area contributed by atoms with Gasteiger partial charge < -0.3 is 5.32 Å². The van der Waals surface area contributed by atoms with Gasteiger partial charge in [-0.15, -0.1) is 0 Å². The van der Waals surface area contributed by atoms with Crippen LogP contribution in [-0.2, 0) is 0 Å². The van der Waals surface area contributed by atoms with Gasteiger partial charge in [0.2, 0.25) is 0 Å². The van der Waals surface area contributed by atoms with Crippen molar-refractivity contribution in [3.05, 3.63) is 106 Å². The molecule has 0 fully saturated rings. The lowest BCUT2D eigenvalue weighted by molar-refractivity contribution is 1.00. The van der Waals surface area contributed by atoms with Crippen LogP contribution in [0.15, 0.2) is 84.9 Å². The van der Waals surface area contributed by atoms with Crippen LogP contribution in [0.25, 0.3) is 44.6 Å². The third kappa shape index (κ3) is 3.47. The van der Waals surface area contributed by atoms with Gasteiger partial charge >= 0.3 is 0 Å². The number of fused-ring (bicyclic) bond motifs is 4. The second-order valence-corrected chi connectivity index (χ2v) is 8.39. The molecule has 1 unspecified atom stereocenters. The zero-order chi connectivity index (χ0) is 21.4. The highest BCUT2D eigenvalue weighted by Crippen LogP contribution is 2.31. The van der Waals surface area contributed by atoms with Crippen molar-refractivity contribution in [3.8, 4) is 0 Å². The molecule has 31 heavy (non-hydrogen) atoms. The lowest BCUT2D eigenvalue weighted by Crippen LogP contribution is -2.28. The van der Waals surface area contributed by atoms with Crippen LogP contribution >= 0.6 is 0 Å². The fourth-order valence-corrected chi connectivity index (χ4v) is 4.80. The zero-order valence-corrected chi connectivity index (χ0v) is 18.3. The standard InChI is InChI=1S/C30H27N/c1-20-16-24-14-12-22-8-4-6-10-26(22)29(24)18-28(20)21(2)17-25-15-13-23-9-5-7-11-27(23)30(25)19-31-3/h4-19,21,31H,1-3H3/b25-17-,30-19?. The van der Waals surface area contributed by atoms with Gasteiger partial charge in [-0.1, -0.05) is 91.9 Å². The molecular weight excluding hydrogens is 374 g/mol. The van der Waals surface area contributed by atoms with Gasteiger partial charge in [0.25, 0.3) is 0 Å². The second kappa shape index (κ2) is 7.92. The molecule has 0 amide bonds. The van der Waals surface area contributed by atoms with E-state index < -0.39 is 0 Å². The van der Waals surface area contributed by atoms with E-state index in [0.29, 0.717) is 5.92 Å². The number of rotatable bonds is 3. The molecule has 5 rings (SSSR count). The number of benzene rings is 5. The molecule has 152 valence electrons. The minimum atomic E-state index is 0.300. The van der Waals surface area contributed by atoms with Crippen molar-refractivity contribution < 1.29 is 0 Å².